The number of benzene rings is 1. The summed E-state index contributed by atoms with van der Waals surface area (Å²) in [7, 11) is 0. The number of halogens is 1. The van der Waals surface area contributed by atoms with Gasteiger partial charge in [-0.2, -0.15) is 5.26 Å². The molecule has 0 unspecified atom stereocenters. The smallest absolute Gasteiger partial charge is 0.247 e. The minimum Gasteiger partial charge on any atom is -0.442 e. The Kier molecular flexibility index (Phi) is 3.17. The van der Waals surface area contributed by atoms with E-state index < -0.39 is 0 Å². The molecule has 0 bridgehead atoms. The van der Waals surface area contributed by atoms with Crippen molar-refractivity contribution in [1.29, 1.82) is 5.26 Å². The second kappa shape index (κ2) is 4.99. The van der Waals surface area contributed by atoms with Gasteiger partial charge in [0.1, 0.15) is 11.7 Å². The average Bonchev–Trinajstić information content (AvgIpc) is 2.80. The fourth-order valence-electron chi connectivity index (χ4n) is 1.93. The van der Waals surface area contributed by atoms with Crippen LogP contribution >= 0.6 is 15.9 Å². The highest BCUT2D eigenvalue weighted by molar-refractivity contribution is 9.10. The number of aryl methyl sites for hydroxylation is 1. The summed E-state index contributed by atoms with van der Waals surface area (Å²) >= 11 is 3.35. The molecule has 0 aliphatic rings. The van der Waals surface area contributed by atoms with E-state index in [2.05, 4.69) is 20.9 Å². The average molecular weight is 329 g/mol. The summed E-state index contributed by atoms with van der Waals surface area (Å²) < 4.78 is 12.1. The minimum absolute atomic E-state index is 0.148. The number of nitriles is 1. The number of pyridine rings is 1. The number of hydrogen-bond donors (Lipinski definition) is 0. The van der Waals surface area contributed by atoms with Crippen LogP contribution in [-0.4, -0.2) is 4.98 Å². The van der Waals surface area contributed by atoms with E-state index in [9.17, 15) is 0 Å². The van der Waals surface area contributed by atoms with Crippen molar-refractivity contribution in [2.75, 3.05) is 0 Å². The van der Waals surface area contributed by atoms with Crippen molar-refractivity contribution in [3.63, 3.8) is 0 Å². The lowest BCUT2D eigenvalue weighted by Crippen LogP contribution is -1.92. The molecular formula is C15H9BrN2O2. The molecule has 2 heterocycles. The molecule has 0 spiro atoms. The van der Waals surface area contributed by atoms with Gasteiger partial charge in [0.25, 0.3) is 0 Å². The van der Waals surface area contributed by atoms with Gasteiger partial charge in [-0.1, -0.05) is 12.1 Å². The topological polar surface area (TPSA) is 59.0 Å². The second-order valence-corrected chi connectivity index (χ2v) is 5.16. The molecule has 0 saturated heterocycles. The lowest BCUT2D eigenvalue weighted by Gasteiger charge is -2.06. The van der Waals surface area contributed by atoms with Crippen LogP contribution in [0.1, 0.15) is 11.3 Å². The predicted molar refractivity (Wildman–Crippen MR) is 77.7 cm³/mol. The van der Waals surface area contributed by atoms with Gasteiger partial charge in [-0.05, 0) is 41.1 Å². The first-order chi connectivity index (χ1) is 9.69. The molecular weight excluding hydrogens is 320 g/mol. The van der Waals surface area contributed by atoms with Gasteiger partial charge in [-0.25, -0.2) is 4.98 Å². The van der Waals surface area contributed by atoms with Crippen LogP contribution in [0.5, 0.6) is 11.6 Å². The van der Waals surface area contributed by atoms with Gasteiger partial charge in [-0.3, -0.25) is 0 Å². The molecule has 0 atom stereocenters. The molecule has 2 aromatic heterocycles. The first-order valence-electron chi connectivity index (χ1n) is 5.90. The Bertz CT molecular complexity index is 833. The van der Waals surface area contributed by atoms with E-state index in [1.165, 1.54) is 0 Å². The van der Waals surface area contributed by atoms with Gasteiger partial charge in [0, 0.05) is 16.2 Å². The Morgan fingerprint density at radius 2 is 2.15 bits per heavy atom. The first kappa shape index (κ1) is 12.7. The summed E-state index contributed by atoms with van der Waals surface area (Å²) in [5.41, 5.74) is 1.49. The van der Waals surface area contributed by atoms with Crippen LogP contribution < -0.4 is 4.74 Å². The van der Waals surface area contributed by atoms with E-state index in [0.29, 0.717) is 17.2 Å². The van der Waals surface area contributed by atoms with Gasteiger partial charge < -0.3 is 9.15 Å². The normalized spacial score (nSPS) is 10.4. The van der Waals surface area contributed by atoms with Crippen molar-refractivity contribution < 1.29 is 9.15 Å². The second-order valence-electron chi connectivity index (χ2n) is 4.25. The SMILES string of the molecule is Cc1cc(Br)cnc1Oc1c(C#N)oc2ccccc12. The monoisotopic (exact) mass is 328 g/mol. The number of fused-ring (bicyclic) bond motifs is 1. The summed E-state index contributed by atoms with van der Waals surface area (Å²) in [6.45, 7) is 1.89. The lowest BCUT2D eigenvalue weighted by atomic mass is 10.2. The summed E-state index contributed by atoms with van der Waals surface area (Å²) in [5, 5.41) is 9.92. The lowest BCUT2D eigenvalue weighted by molar-refractivity contribution is 0.447. The van der Waals surface area contributed by atoms with Crippen LogP contribution in [-0.2, 0) is 0 Å². The Hall–Kier alpha value is -2.32. The highest BCUT2D eigenvalue weighted by Crippen LogP contribution is 2.36. The molecule has 3 rings (SSSR count). The summed E-state index contributed by atoms with van der Waals surface area (Å²) in [6.07, 6.45) is 1.65. The molecule has 0 saturated carbocycles. The third kappa shape index (κ3) is 2.15. The number of furan rings is 1. The van der Waals surface area contributed by atoms with Crippen LogP contribution in [0.2, 0.25) is 0 Å². The predicted octanol–water partition coefficient (Wildman–Crippen LogP) is 4.56. The fourth-order valence-corrected chi connectivity index (χ4v) is 2.37. The molecule has 0 aliphatic carbocycles. The van der Waals surface area contributed by atoms with Gasteiger partial charge >= 0.3 is 0 Å². The fraction of sp³-hybridized carbons (Fsp3) is 0.0667. The molecule has 0 N–H and O–H groups in total. The van der Waals surface area contributed by atoms with Gasteiger partial charge in [0.2, 0.25) is 11.6 Å². The Morgan fingerprint density at radius 3 is 2.90 bits per heavy atom. The zero-order valence-electron chi connectivity index (χ0n) is 10.6. The number of ether oxygens (including phenoxy) is 1. The molecule has 5 heteroatoms. The van der Waals surface area contributed by atoms with Gasteiger partial charge in [0.15, 0.2) is 5.75 Å². The maximum absolute atomic E-state index is 9.16. The van der Waals surface area contributed by atoms with Crippen molar-refractivity contribution in [3.8, 4) is 17.7 Å². The van der Waals surface area contributed by atoms with Crippen LogP contribution in [0.3, 0.4) is 0 Å². The summed E-state index contributed by atoms with van der Waals surface area (Å²) in [6, 6.07) is 11.3. The van der Waals surface area contributed by atoms with E-state index in [4.69, 9.17) is 14.4 Å². The zero-order chi connectivity index (χ0) is 14.1. The van der Waals surface area contributed by atoms with Crippen molar-refractivity contribution in [2.24, 2.45) is 0 Å². The molecule has 20 heavy (non-hydrogen) atoms. The van der Waals surface area contributed by atoms with Crippen LogP contribution in [0.25, 0.3) is 11.0 Å². The van der Waals surface area contributed by atoms with Crippen molar-refractivity contribution in [1.82, 2.24) is 4.98 Å². The largest absolute Gasteiger partial charge is 0.442 e. The standard InChI is InChI=1S/C15H9BrN2O2/c1-9-6-10(16)8-18-15(9)20-14-11-4-2-3-5-12(11)19-13(14)7-17/h2-6,8H,1H3. The van der Waals surface area contributed by atoms with Crippen molar-refractivity contribution in [3.05, 3.63) is 52.3 Å². The van der Waals surface area contributed by atoms with Gasteiger partial charge in [0.05, 0.1) is 5.39 Å². The molecule has 4 nitrogen and oxygen atoms in total. The van der Waals surface area contributed by atoms with Crippen LogP contribution in [0.15, 0.2) is 45.4 Å². The summed E-state index contributed by atoms with van der Waals surface area (Å²) in [5.74, 6) is 1.01. The molecule has 0 aliphatic heterocycles. The first-order valence-corrected chi connectivity index (χ1v) is 6.70. The van der Waals surface area contributed by atoms with Crippen molar-refractivity contribution in [2.45, 2.75) is 6.92 Å². The minimum atomic E-state index is 0.148. The number of hydrogen-bond acceptors (Lipinski definition) is 4. The van der Waals surface area contributed by atoms with E-state index in [1.807, 2.05) is 37.3 Å². The molecule has 3 aromatic rings. The van der Waals surface area contributed by atoms with E-state index >= 15 is 0 Å². The maximum Gasteiger partial charge on any atom is 0.247 e. The number of para-hydroxylation sites is 1. The van der Waals surface area contributed by atoms with Crippen LogP contribution in [0.4, 0.5) is 0 Å². The molecule has 1 aromatic carbocycles. The molecule has 0 radical (unpaired) electrons. The van der Waals surface area contributed by atoms with Crippen LogP contribution in [0, 0.1) is 18.3 Å². The van der Waals surface area contributed by atoms with Gasteiger partial charge in [-0.15, -0.1) is 0 Å². The highest BCUT2D eigenvalue weighted by Gasteiger charge is 2.17. The quantitative estimate of drug-likeness (QED) is 0.691. The Labute approximate surface area is 123 Å². The van der Waals surface area contributed by atoms with Crippen molar-refractivity contribution >= 4 is 26.9 Å². The molecule has 0 amide bonds. The maximum atomic E-state index is 9.16. The number of nitrogens with zero attached hydrogens (tertiary/aromatic N) is 2. The summed E-state index contributed by atoms with van der Waals surface area (Å²) in [4.78, 5) is 4.21. The Morgan fingerprint density at radius 1 is 1.35 bits per heavy atom. The third-order valence-electron chi connectivity index (χ3n) is 2.85. The number of rotatable bonds is 2. The number of aromatic nitrogens is 1. The van der Waals surface area contributed by atoms with E-state index in [0.717, 1.165) is 15.4 Å². The molecule has 0 fully saturated rings. The molecule has 98 valence electrons. The highest BCUT2D eigenvalue weighted by atomic mass is 79.9. The van der Waals surface area contributed by atoms with E-state index in [1.54, 1.807) is 12.3 Å². The third-order valence-corrected chi connectivity index (χ3v) is 3.28. The van der Waals surface area contributed by atoms with E-state index in [-0.39, 0.29) is 5.76 Å². The zero-order valence-corrected chi connectivity index (χ0v) is 12.1. The Balaban J connectivity index is 2.12.